The first-order chi connectivity index (χ1) is 9.08. The number of carbonyl (C=O) groups excluding carboxylic acids is 1. The van der Waals surface area contributed by atoms with Crippen molar-refractivity contribution in [2.24, 2.45) is 5.92 Å². The van der Waals surface area contributed by atoms with Crippen molar-refractivity contribution in [3.05, 3.63) is 47.7 Å². The van der Waals surface area contributed by atoms with Gasteiger partial charge in [-0.15, -0.1) is 0 Å². The number of hydrogen-bond donors (Lipinski definition) is 1. The minimum Gasteiger partial charge on any atom is -0.464 e. The molecule has 0 spiro atoms. The summed E-state index contributed by atoms with van der Waals surface area (Å²) < 4.78 is 5.38. The summed E-state index contributed by atoms with van der Waals surface area (Å²) in [6, 6.07) is 9.44. The lowest BCUT2D eigenvalue weighted by molar-refractivity contribution is 0.0949. The molecule has 0 aliphatic rings. The highest BCUT2D eigenvalue weighted by Gasteiger charge is 2.10. The second kappa shape index (κ2) is 5.74. The molecule has 100 valence electrons. The highest BCUT2D eigenvalue weighted by molar-refractivity contribution is 5.95. The van der Waals surface area contributed by atoms with Crippen LogP contribution in [0.15, 0.2) is 41.0 Å². The van der Waals surface area contributed by atoms with E-state index in [2.05, 4.69) is 19.2 Å². The Bertz CT molecular complexity index is 556. The molecule has 2 rings (SSSR count). The van der Waals surface area contributed by atoms with Crippen LogP contribution in [0.4, 0.5) is 0 Å². The lowest BCUT2D eigenvalue weighted by Crippen LogP contribution is -2.27. The van der Waals surface area contributed by atoms with Crippen LogP contribution in [0.3, 0.4) is 0 Å². The number of furan rings is 1. The third-order valence-electron chi connectivity index (χ3n) is 2.95. The van der Waals surface area contributed by atoms with E-state index in [1.165, 1.54) is 0 Å². The summed E-state index contributed by atoms with van der Waals surface area (Å²) in [5.74, 6) is 1.25. The summed E-state index contributed by atoms with van der Waals surface area (Å²) in [5.41, 5.74) is 2.74. The standard InChI is InChI=1S/C16H19NO2/c1-11(2)10-17-16(18)13-6-7-14(12(3)9-13)15-5-4-8-19-15/h4-9,11H,10H2,1-3H3,(H,17,18). The first-order valence-corrected chi connectivity index (χ1v) is 6.50. The van der Waals surface area contributed by atoms with E-state index < -0.39 is 0 Å². The van der Waals surface area contributed by atoms with E-state index in [-0.39, 0.29) is 5.91 Å². The second-order valence-electron chi connectivity index (χ2n) is 5.11. The molecule has 0 saturated heterocycles. The summed E-state index contributed by atoms with van der Waals surface area (Å²) >= 11 is 0. The Morgan fingerprint density at radius 1 is 1.32 bits per heavy atom. The Labute approximate surface area is 113 Å². The van der Waals surface area contributed by atoms with Crippen molar-refractivity contribution < 1.29 is 9.21 Å². The van der Waals surface area contributed by atoms with Gasteiger partial charge < -0.3 is 9.73 Å². The molecule has 19 heavy (non-hydrogen) atoms. The fourth-order valence-corrected chi connectivity index (χ4v) is 1.91. The van der Waals surface area contributed by atoms with Gasteiger partial charge in [0.1, 0.15) is 5.76 Å². The molecule has 1 amide bonds. The molecular weight excluding hydrogens is 238 g/mol. The minimum absolute atomic E-state index is 0.0252. The number of carbonyl (C=O) groups is 1. The van der Waals surface area contributed by atoms with E-state index in [0.29, 0.717) is 18.0 Å². The zero-order valence-electron chi connectivity index (χ0n) is 11.6. The lowest BCUT2D eigenvalue weighted by Gasteiger charge is -2.09. The summed E-state index contributed by atoms with van der Waals surface area (Å²) in [5, 5.41) is 2.92. The first kappa shape index (κ1) is 13.4. The normalized spacial score (nSPS) is 10.7. The molecule has 0 bridgehead atoms. The van der Waals surface area contributed by atoms with Crippen LogP contribution in [0.2, 0.25) is 0 Å². The molecule has 0 atom stereocenters. The molecule has 1 heterocycles. The zero-order valence-corrected chi connectivity index (χ0v) is 11.6. The number of amides is 1. The van der Waals surface area contributed by atoms with Crippen molar-refractivity contribution in [3.8, 4) is 11.3 Å². The van der Waals surface area contributed by atoms with Gasteiger partial charge in [0.15, 0.2) is 0 Å². The van der Waals surface area contributed by atoms with Crippen molar-refractivity contribution in [2.45, 2.75) is 20.8 Å². The highest BCUT2D eigenvalue weighted by Crippen LogP contribution is 2.24. The van der Waals surface area contributed by atoms with Gasteiger partial charge in [0.25, 0.3) is 5.91 Å². The maximum absolute atomic E-state index is 12.0. The Kier molecular flexibility index (Phi) is 4.05. The van der Waals surface area contributed by atoms with Crippen molar-refractivity contribution >= 4 is 5.91 Å². The zero-order chi connectivity index (χ0) is 13.8. The molecular formula is C16H19NO2. The van der Waals surface area contributed by atoms with Crippen LogP contribution in [-0.2, 0) is 0 Å². The largest absolute Gasteiger partial charge is 0.464 e. The summed E-state index contributed by atoms with van der Waals surface area (Å²) in [4.78, 5) is 12.0. The molecule has 3 heteroatoms. The Morgan fingerprint density at radius 2 is 2.11 bits per heavy atom. The maximum atomic E-state index is 12.0. The molecule has 1 aromatic heterocycles. The first-order valence-electron chi connectivity index (χ1n) is 6.50. The van der Waals surface area contributed by atoms with Crippen molar-refractivity contribution in [1.29, 1.82) is 0 Å². The minimum atomic E-state index is -0.0252. The van der Waals surface area contributed by atoms with E-state index in [9.17, 15) is 4.79 Å². The van der Waals surface area contributed by atoms with E-state index in [1.807, 2.05) is 37.3 Å². The van der Waals surface area contributed by atoms with Crippen LogP contribution in [0.25, 0.3) is 11.3 Å². The smallest absolute Gasteiger partial charge is 0.251 e. The molecule has 0 aliphatic heterocycles. The van der Waals surface area contributed by atoms with E-state index in [4.69, 9.17) is 4.42 Å². The van der Waals surface area contributed by atoms with Crippen molar-refractivity contribution in [1.82, 2.24) is 5.32 Å². The van der Waals surface area contributed by atoms with Gasteiger partial charge in [0, 0.05) is 17.7 Å². The molecule has 0 aliphatic carbocycles. The maximum Gasteiger partial charge on any atom is 0.251 e. The SMILES string of the molecule is Cc1cc(C(=O)NCC(C)C)ccc1-c1ccco1. The molecule has 0 fully saturated rings. The van der Waals surface area contributed by atoms with Crippen LogP contribution in [-0.4, -0.2) is 12.5 Å². The lowest BCUT2D eigenvalue weighted by atomic mass is 10.0. The highest BCUT2D eigenvalue weighted by atomic mass is 16.3. The van der Waals surface area contributed by atoms with E-state index in [1.54, 1.807) is 6.26 Å². The van der Waals surface area contributed by atoms with Crippen LogP contribution in [0.5, 0.6) is 0 Å². The molecule has 0 unspecified atom stereocenters. The number of aryl methyl sites for hydroxylation is 1. The predicted molar refractivity (Wildman–Crippen MR) is 76.1 cm³/mol. The Hall–Kier alpha value is -2.03. The van der Waals surface area contributed by atoms with E-state index >= 15 is 0 Å². The fourth-order valence-electron chi connectivity index (χ4n) is 1.91. The third kappa shape index (κ3) is 3.25. The molecule has 0 saturated carbocycles. The van der Waals surface area contributed by atoms with Gasteiger partial charge in [0.2, 0.25) is 0 Å². The van der Waals surface area contributed by atoms with Crippen LogP contribution in [0.1, 0.15) is 29.8 Å². The van der Waals surface area contributed by atoms with Crippen molar-refractivity contribution in [3.63, 3.8) is 0 Å². The second-order valence-corrected chi connectivity index (χ2v) is 5.11. The van der Waals surface area contributed by atoms with Crippen LogP contribution in [0, 0.1) is 12.8 Å². The van der Waals surface area contributed by atoms with Gasteiger partial charge in [-0.2, -0.15) is 0 Å². The Morgan fingerprint density at radius 3 is 2.68 bits per heavy atom. The number of hydrogen-bond acceptors (Lipinski definition) is 2. The summed E-state index contributed by atoms with van der Waals surface area (Å²) in [7, 11) is 0. The monoisotopic (exact) mass is 257 g/mol. The van der Waals surface area contributed by atoms with Crippen LogP contribution < -0.4 is 5.32 Å². The molecule has 0 radical (unpaired) electrons. The van der Waals surface area contributed by atoms with Gasteiger partial charge in [-0.1, -0.05) is 19.9 Å². The molecule has 1 N–H and O–H groups in total. The average molecular weight is 257 g/mol. The predicted octanol–water partition coefficient (Wildman–Crippen LogP) is 3.64. The summed E-state index contributed by atoms with van der Waals surface area (Å²) in [6.45, 7) is 6.83. The fraction of sp³-hybridized carbons (Fsp3) is 0.312. The number of nitrogens with one attached hydrogen (secondary N) is 1. The van der Waals surface area contributed by atoms with Crippen LogP contribution >= 0.6 is 0 Å². The topological polar surface area (TPSA) is 42.2 Å². The molecule has 1 aromatic carbocycles. The van der Waals surface area contributed by atoms with Gasteiger partial charge >= 0.3 is 0 Å². The van der Waals surface area contributed by atoms with E-state index in [0.717, 1.165) is 16.9 Å². The number of rotatable bonds is 4. The van der Waals surface area contributed by atoms with Gasteiger partial charge in [-0.3, -0.25) is 4.79 Å². The van der Waals surface area contributed by atoms with Crippen molar-refractivity contribution in [2.75, 3.05) is 6.54 Å². The van der Waals surface area contributed by atoms with Gasteiger partial charge in [-0.05, 0) is 42.7 Å². The molecule has 3 nitrogen and oxygen atoms in total. The third-order valence-corrected chi connectivity index (χ3v) is 2.95. The quantitative estimate of drug-likeness (QED) is 0.908. The van der Waals surface area contributed by atoms with Gasteiger partial charge in [-0.25, -0.2) is 0 Å². The average Bonchev–Trinajstić information content (AvgIpc) is 2.89. The number of benzene rings is 1. The summed E-state index contributed by atoms with van der Waals surface area (Å²) in [6.07, 6.45) is 1.65. The van der Waals surface area contributed by atoms with Gasteiger partial charge in [0.05, 0.1) is 6.26 Å². The Balaban J connectivity index is 2.17. The molecule has 2 aromatic rings.